The Balaban J connectivity index is 2.35. The van der Waals surface area contributed by atoms with Crippen LogP contribution in [0.3, 0.4) is 0 Å². The third-order valence-corrected chi connectivity index (χ3v) is 7.36. The Morgan fingerprint density at radius 1 is 0.844 bits per heavy atom. The minimum absolute atomic E-state index is 0.00811. The second kappa shape index (κ2) is 15.5. The van der Waals surface area contributed by atoms with Gasteiger partial charge >= 0.3 is 5.97 Å². The molecule has 0 fully saturated rings. The molecular weight excluding hydrogens is 400 g/mol. The number of ether oxygens (including phenoxy) is 1. The van der Waals surface area contributed by atoms with E-state index >= 15 is 0 Å². The third kappa shape index (κ3) is 8.57. The van der Waals surface area contributed by atoms with Crippen molar-refractivity contribution in [2.75, 3.05) is 6.61 Å². The number of carboxylic acid groups (broad SMARTS) is 1. The van der Waals surface area contributed by atoms with E-state index in [0.717, 1.165) is 24.0 Å². The Bertz CT molecular complexity index is 619. The van der Waals surface area contributed by atoms with Gasteiger partial charge < -0.3 is 14.9 Å². The van der Waals surface area contributed by atoms with Crippen LogP contribution >= 0.6 is 0 Å². The first-order valence-electron chi connectivity index (χ1n) is 13.3. The average Bonchev–Trinajstić information content (AvgIpc) is 2.74. The molecule has 0 aliphatic heterocycles. The summed E-state index contributed by atoms with van der Waals surface area (Å²) in [7, 11) is 0. The molecular formula is C28H50O4. The summed E-state index contributed by atoms with van der Waals surface area (Å²) in [6.07, 6.45) is 18.9. The predicted molar refractivity (Wildman–Crippen MR) is 134 cm³/mol. The standard InChI is InChI=1S/C28H50O4/c1-6-8-9-10-11-12-13-14-15-16-17-18-19-20-21-24-26(29)25(27(30)31)22(3)23(4)28(24,5)32-7-2/h25,29H,6-21H2,1-5H3,(H,30,31). The Hall–Kier alpha value is -1.29. The van der Waals surface area contributed by atoms with Crippen LogP contribution in [0.2, 0.25) is 0 Å². The van der Waals surface area contributed by atoms with Crippen molar-refractivity contribution in [3.63, 3.8) is 0 Å². The highest BCUT2D eigenvalue weighted by Crippen LogP contribution is 2.44. The molecule has 2 unspecified atom stereocenters. The minimum Gasteiger partial charge on any atom is -0.511 e. The maximum Gasteiger partial charge on any atom is 0.318 e. The van der Waals surface area contributed by atoms with Crippen molar-refractivity contribution in [2.45, 2.75) is 137 Å². The van der Waals surface area contributed by atoms with Crippen molar-refractivity contribution in [1.82, 2.24) is 0 Å². The summed E-state index contributed by atoms with van der Waals surface area (Å²) in [5, 5.41) is 20.5. The third-order valence-electron chi connectivity index (χ3n) is 7.36. The molecule has 0 saturated heterocycles. The van der Waals surface area contributed by atoms with Crippen molar-refractivity contribution >= 4 is 5.97 Å². The first-order valence-corrected chi connectivity index (χ1v) is 13.3. The highest BCUT2D eigenvalue weighted by Gasteiger charge is 2.44. The molecule has 1 rings (SSSR count). The first-order chi connectivity index (χ1) is 15.3. The summed E-state index contributed by atoms with van der Waals surface area (Å²) in [5.74, 6) is -1.94. The van der Waals surface area contributed by atoms with Gasteiger partial charge in [-0.15, -0.1) is 0 Å². The number of aliphatic hydroxyl groups is 1. The van der Waals surface area contributed by atoms with Crippen LogP contribution in [-0.2, 0) is 9.53 Å². The quantitative estimate of drug-likeness (QED) is 0.162. The number of carbonyl (C=O) groups is 1. The van der Waals surface area contributed by atoms with Crippen LogP contribution in [0, 0.1) is 5.92 Å². The Morgan fingerprint density at radius 2 is 1.28 bits per heavy atom. The zero-order chi connectivity index (χ0) is 24.0. The van der Waals surface area contributed by atoms with Gasteiger partial charge in [-0.25, -0.2) is 0 Å². The number of rotatable bonds is 18. The summed E-state index contributed by atoms with van der Waals surface area (Å²) in [4.78, 5) is 11.8. The van der Waals surface area contributed by atoms with Gasteiger partial charge in [0, 0.05) is 12.2 Å². The summed E-state index contributed by atoms with van der Waals surface area (Å²) < 4.78 is 6.07. The van der Waals surface area contributed by atoms with E-state index in [4.69, 9.17) is 4.74 Å². The van der Waals surface area contributed by atoms with E-state index in [-0.39, 0.29) is 5.76 Å². The molecule has 0 aromatic carbocycles. The lowest BCUT2D eigenvalue weighted by molar-refractivity contribution is -0.140. The molecule has 1 aliphatic carbocycles. The van der Waals surface area contributed by atoms with Gasteiger partial charge in [-0.05, 0) is 51.7 Å². The smallest absolute Gasteiger partial charge is 0.318 e. The van der Waals surface area contributed by atoms with E-state index in [9.17, 15) is 15.0 Å². The predicted octanol–water partition coefficient (Wildman–Crippen LogP) is 8.52. The molecule has 4 heteroatoms. The van der Waals surface area contributed by atoms with Crippen LogP contribution in [0.4, 0.5) is 0 Å². The molecule has 1 aliphatic rings. The molecule has 0 radical (unpaired) electrons. The fourth-order valence-corrected chi connectivity index (χ4v) is 5.09. The molecule has 0 bridgehead atoms. The Morgan fingerprint density at radius 3 is 1.69 bits per heavy atom. The van der Waals surface area contributed by atoms with Gasteiger partial charge in [-0.2, -0.15) is 0 Å². The van der Waals surface area contributed by atoms with E-state index in [1.807, 2.05) is 20.8 Å². The van der Waals surface area contributed by atoms with Gasteiger partial charge in [0.25, 0.3) is 0 Å². The van der Waals surface area contributed by atoms with Crippen LogP contribution in [0.25, 0.3) is 0 Å². The molecule has 32 heavy (non-hydrogen) atoms. The minimum atomic E-state index is -0.989. The summed E-state index contributed by atoms with van der Waals surface area (Å²) in [5.41, 5.74) is 1.67. The van der Waals surface area contributed by atoms with Crippen LogP contribution in [0.5, 0.6) is 0 Å². The maximum absolute atomic E-state index is 11.8. The summed E-state index contributed by atoms with van der Waals surface area (Å²) in [6, 6.07) is 0. The number of hydrogen-bond donors (Lipinski definition) is 2. The normalized spacial score (nSPS) is 21.5. The van der Waals surface area contributed by atoms with Gasteiger partial charge in [-0.3, -0.25) is 4.79 Å². The maximum atomic E-state index is 11.8. The number of aliphatic carboxylic acids is 1. The Labute approximate surface area is 197 Å². The van der Waals surface area contributed by atoms with Crippen LogP contribution in [0.15, 0.2) is 22.5 Å². The molecule has 0 aromatic rings. The van der Waals surface area contributed by atoms with Gasteiger partial charge in [0.05, 0.1) is 0 Å². The molecule has 2 atom stereocenters. The highest BCUT2D eigenvalue weighted by molar-refractivity contribution is 5.78. The van der Waals surface area contributed by atoms with E-state index in [1.54, 1.807) is 6.92 Å². The zero-order valence-electron chi connectivity index (χ0n) is 21.6. The van der Waals surface area contributed by atoms with E-state index < -0.39 is 17.5 Å². The van der Waals surface area contributed by atoms with E-state index in [0.29, 0.717) is 18.6 Å². The zero-order valence-corrected chi connectivity index (χ0v) is 21.6. The molecule has 0 heterocycles. The molecule has 186 valence electrons. The second-order valence-corrected chi connectivity index (χ2v) is 9.76. The van der Waals surface area contributed by atoms with Gasteiger partial charge in [0.15, 0.2) is 0 Å². The van der Waals surface area contributed by atoms with Gasteiger partial charge in [-0.1, -0.05) is 90.4 Å². The second-order valence-electron chi connectivity index (χ2n) is 9.76. The lowest BCUT2D eigenvalue weighted by Gasteiger charge is -2.40. The lowest BCUT2D eigenvalue weighted by Crippen LogP contribution is -2.41. The van der Waals surface area contributed by atoms with E-state index in [1.165, 1.54) is 77.0 Å². The molecule has 2 N–H and O–H groups in total. The van der Waals surface area contributed by atoms with Crippen LogP contribution < -0.4 is 0 Å². The molecule has 0 spiro atoms. The summed E-state index contributed by atoms with van der Waals surface area (Å²) >= 11 is 0. The van der Waals surface area contributed by atoms with Gasteiger partial charge in [0.1, 0.15) is 17.3 Å². The topological polar surface area (TPSA) is 66.8 Å². The van der Waals surface area contributed by atoms with Crippen molar-refractivity contribution in [3.8, 4) is 0 Å². The lowest BCUT2D eigenvalue weighted by atomic mass is 9.73. The number of hydrogen-bond acceptors (Lipinski definition) is 3. The van der Waals surface area contributed by atoms with E-state index in [2.05, 4.69) is 6.92 Å². The SMILES string of the molecule is CCCCCCCCCCCCCCCCC1=C(O)C(C(=O)O)C(C)=C(C)C1(C)OCC. The van der Waals surface area contributed by atoms with Crippen molar-refractivity contribution in [3.05, 3.63) is 22.5 Å². The highest BCUT2D eigenvalue weighted by atomic mass is 16.5. The average molecular weight is 451 g/mol. The number of aliphatic hydroxyl groups excluding tert-OH is 1. The van der Waals surface area contributed by atoms with Crippen LogP contribution in [-0.4, -0.2) is 28.4 Å². The number of unbranched alkanes of at least 4 members (excludes halogenated alkanes) is 13. The van der Waals surface area contributed by atoms with Crippen molar-refractivity contribution in [2.24, 2.45) is 5.92 Å². The molecule has 0 amide bonds. The molecule has 0 aromatic heterocycles. The number of carboxylic acids is 1. The van der Waals surface area contributed by atoms with Gasteiger partial charge in [0.2, 0.25) is 0 Å². The first kappa shape index (κ1) is 28.7. The molecule has 4 nitrogen and oxygen atoms in total. The van der Waals surface area contributed by atoms with Crippen LogP contribution in [0.1, 0.15) is 131 Å². The molecule has 0 saturated carbocycles. The largest absolute Gasteiger partial charge is 0.511 e. The van der Waals surface area contributed by atoms with Crippen molar-refractivity contribution in [1.29, 1.82) is 0 Å². The Kier molecular flexibility index (Phi) is 13.9. The summed E-state index contributed by atoms with van der Waals surface area (Å²) in [6.45, 7) is 10.4. The fourth-order valence-electron chi connectivity index (χ4n) is 5.09. The fraction of sp³-hybridized carbons (Fsp3) is 0.821. The monoisotopic (exact) mass is 450 g/mol. The van der Waals surface area contributed by atoms with Crippen molar-refractivity contribution < 1.29 is 19.7 Å².